The van der Waals surface area contributed by atoms with Crippen molar-refractivity contribution in [3.63, 3.8) is 0 Å². The smallest absolute Gasteiger partial charge is 0.395 e. The Balaban J connectivity index is 0. The molecule has 0 aliphatic carbocycles. The van der Waals surface area contributed by atoms with E-state index in [2.05, 4.69) is 0 Å². The standard InChI is InChI=1S/C2HBrF2O2.Mg.2H/c3-2(4,5)1(6)7;;;/h(H,6,7);;;. The monoisotopic (exact) mass is 200 g/mol. The second-order valence-corrected chi connectivity index (χ2v) is 1.80. The summed E-state index contributed by atoms with van der Waals surface area (Å²) < 4.78 is 22.3. The fraction of sp³-hybridized carbons (Fsp3) is 0.500. The fourth-order valence-electron chi connectivity index (χ4n) is 0. The van der Waals surface area contributed by atoms with E-state index in [1.54, 1.807) is 15.9 Å². The summed E-state index contributed by atoms with van der Waals surface area (Å²) in [5.74, 6) is -2.17. The molecule has 0 spiro atoms. The Hall–Kier alpha value is 0.576. The first-order chi connectivity index (χ1) is 2.94. The normalized spacial score (nSPS) is 9.88. The van der Waals surface area contributed by atoms with Gasteiger partial charge in [0.25, 0.3) is 0 Å². The van der Waals surface area contributed by atoms with Crippen molar-refractivity contribution in [1.29, 1.82) is 0 Å². The van der Waals surface area contributed by atoms with Crippen molar-refractivity contribution in [3.8, 4) is 0 Å². The van der Waals surface area contributed by atoms with Crippen LogP contribution in [0.4, 0.5) is 8.78 Å². The highest BCUT2D eigenvalue weighted by Crippen LogP contribution is 2.20. The number of carboxylic acid groups (broad SMARTS) is 1. The third kappa shape index (κ3) is 4.73. The van der Waals surface area contributed by atoms with Gasteiger partial charge >= 0.3 is 33.9 Å². The second kappa shape index (κ2) is 3.57. The van der Waals surface area contributed by atoms with Crippen molar-refractivity contribution in [2.75, 3.05) is 0 Å². The van der Waals surface area contributed by atoms with E-state index in [1.807, 2.05) is 0 Å². The van der Waals surface area contributed by atoms with Crippen LogP contribution in [0.5, 0.6) is 0 Å². The summed E-state index contributed by atoms with van der Waals surface area (Å²) in [6, 6.07) is 0. The lowest BCUT2D eigenvalue weighted by molar-refractivity contribution is -0.152. The first-order valence-corrected chi connectivity index (χ1v) is 2.04. The van der Waals surface area contributed by atoms with E-state index in [0.29, 0.717) is 0 Å². The van der Waals surface area contributed by atoms with Gasteiger partial charge in [-0.05, 0) is 0 Å². The molecular weight excluding hydrogens is 198 g/mol. The van der Waals surface area contributed by atoms with Gasteiger partial charge in [-0.15, -0.1) is 0 Å². The predicted octanol–water partition coefficient (Wildman–Crippen LogP) is 0.142. The maximum absolute atomic E-state index is 11.2. The van der Waals surface area contributed by atoms with E-state index in [0.717, 1.165) is 0 Å². The number of carbonyl (C=O) groups is 1. The zero-order chi connectivity index (χ0) is 6.08. The van der Waals surface area contributed by atoms with Crippen molar-refractivity contribution in [1.82, 2.24) is 0 Å². The third-order valence-electron chi connectivity index (χ3n) is 0.243. The molecule has 0 saturated carbocycles. The molecule has 0 bridgehead atoms. The zero-order valence-electron chi connectivity index (χ0n) is 2.99. The van der Waals surface area contributed by atoms with Crippen LogP contribution in [0.3, 0.4) is 0 Å². The topological polar surface area (TPSA) is 37.3 Å². The highest BCUT2D eigenvalue weighted by Gasteiger charge is 2.34. The van der Waals surface area contributed by atoms with Gasteiger partial charge in [0.15, 0.2) is 0 Å². The summed E-state index contributed by atoms with van der Waals surface area (Å²) in [6.07, 6.45) is 0. The number of carboxylic acids is 1. The van der Waals surface area contributed by atoms with Crippen LogP contribution in [0, 0.1) is 0 Å². The number of rotatable bonds is 1. The molecule has 0 aliphatic rings. The van der Waals surface area contributed by atoms with E-state index in [1.165, 1.54) is 0 Å². The van der Waals surface area contributed by atoms with Crippen molar-refractivity contribution >= 4 is 45.0 Å². The first-order valence-electron chi connectivity index (χ1n) is 1.24. The predicted molar refractivity (Wildman–Crippen MR) is 30.1 cm³/mol. The third-order valence-corrected chi connectivity index (χ3v) is 0.582. The van der Waals surface area contributed by atoms with Crippen LogP contribution < -0.4 is 0 Å². The average Bonchev–Trinajstić information content (AvgIpc) is 1.31. The van der Waals surface area contributed by atoms with Crippen LogP contribution in [0.15, 0.2) is 0 Å². The van der Waals surface area contributed by atoms with Crippen molar-refractivity contribution in [3.05, 3.63) is 0 Å². The Labute approximate surface area is 68.5 Å². The van der Waals surface area contributed by atoms with Gasteiger partial charge in [-0.1, -0.05) is 0 Å². The summed E-state index contributed by atoms with van der Waals surface area (Å²) in [5.41, 5.74) is 0. The van der Waals surface area contributed by atoms with Crippen LogP contribution >= 0.6 is 15.9 Å². The number of aliphatic carboxylic acids is 1. The van der Waals surface area contributed by atoms with Gasteiger partial charge in [0.2, 0.25) is 0 Å². The van der Waals surface area contributed by atoms with Crippen LogP contribution in [0.25, 0.3) is 0 Å². The Morgan fingerprint density at radius 3 is 1.75 bits per heavy atom. The molecule has 2 nitrogen and oxygen atoms in total. The average molecular weight is 201 g/mol. The number of halogens is 3. The first kappa shape index (κ1) is 11.4. The van der Waals surface area contributed by atoms with Crippen LogP contribution in [0.2, 0.25) is 0 Å². The fourth-order valence-corrected chi connectivity index (χ4v) is 0. The van der Waals surface area contributed by atoms with Crippen LogP contribution in [0.1, 0.15) is 0 Å². The molecule has 0 unspecified atom stereocenters. The molecule has 0 aromatic carbocycles. The van der Waals surface area contributed by atoms with Gasteiger partial charge in [0.05, 0.1) is 0 Å². The Kier molecular flexibility index (Phi) is 5.08. The number of hydrogen-bond acceptors (Lipinski definition) is 1. The lowest BCUT2D eigenvalue weighted by Crippen LogP contribution is -2.18. The van der Waals surface area contributed by atoms with Crippen LogP contribution in [-0.4, -0.2) is 39.0 Å². The molecule has 0 aliphatic heterocycles. The molecule has 0 atom stereocenters. The zero-order valence-corrected chi connectivity index (χ0v) is 4.58. The maximum atomic E-state index is 11.2. The summed E-state index contributed by atoms with van der Waals surface area (Å²) >= 11 is 1.61. The maximum Gasteiger partial charge on any atom is 0.395 e. The lowest BCUT2D eigenvalue weighted by Gasteiger charge is -1.96. The van der Waals surface area contributed by atoms with E-state index in [9.17, 15) is 13.6 Å². The molecule has 8 heavy (non-hydrogen) atoms. The molecule has 0 aromatic heterocycles. The number of alkyl halides is 3. The molecule has 0 radical (unpaired) electrons. The molecule has 0 saturated heterocycles. The van der Waals surface area contributed by atoms with Crippen molar-refractivity contribution < 1.29 is 18.7 Å². The second-order valence-electron chi connectivity index (χ2n) is 0.803. The van der Waals surface area contributed by atoms with Gasteiger partial charge in [0, 0.05) is 15.9 Å². The van der Waals surface area contributed by atoms with Gasteiger partial charge in [-0.2, -0.15) is 8.78 Å². The number of hydrogen-bond donors (Lipinski definition) is 1. The largest absolute Gasteiger partial charge is 0.476 e. The van der Waals surface area contributed by atoms with Crippen molar-refractivity contribution in [2.24, 2.45) is 0 Å². The molecule has 1 N–H and O–H groups in total. The van der Waals surface area contributed by atoms with E-state index < -0.39 is 10.8 Å². The lowest BCUT2D eigenvalue weighted by atomic mass is 10.7. The van der Waals surface area contributed by atoms with E-state index >= 15 is 0 Å². The summed E-state index contributed by atoms with van der Waals surface area (Å²) in [6.45, 7) is 0. The van der Waals surface area contributed by atoms with Gasteiger partial charge in [-0.3, -0.25) is 0 Å². The summed E-state index contributed by atoms with van der Waals surface area (Å²) in [5, 5.41) is 7.45. The molecule has 0 aromatic rings. The Morgan fingerprint density at radius 2 is 1.75 bits per heavy atom. The van der Waals surface area contributed by atoms with Crippen LogP contribution in [-0.2, 0) is 4.79 Å². The quantitative estimate of drug-likeness (QED) is 0.484. The minimum absolute atomic E-state index is 0. The molecule has 46 valence electrons. The molecule has 0 fully saturated rings. The molecule has 0 rings (SSSR count). The molecule has 0 amide bonds. The van der Waals surface area contributed by atoms with Gasteiger partial charge in [-0.25, -0.2) is 4.79 Å². The van der Waals surface area contributed by atoms with Gasteiger partial charge in [0.1, 0.15) is 0 Å². The highest BCUT2D eigenvalue weighted by atomic mass is 79.9. The minimum atomic E-state index is -3.77. The van der Waals surface area contributed by atoms with Gasteiger partial charge < -0.3 is 5.11 Å². The van der Waals surface area contributed by atoms with Crippen molar-refractivity contribution in [2.45, 2.75) is 4.83 Å². The van der Waals surface area contributed by atoms with E-state index in [4.69, 9.17) is 5.11 Å². The highest BCUT2D eigenvalue weighted by molar-refractivity contribution is 9.10. The molecule has 0 heterocycles. The van der Waals surface area contributed by atoms with E-state index in [-0.39, 0.29) is 23.1 Å². The SMILES string of the molecule is O=C(O)C(F)(F)Br.[MgH2]. The Bertz CT molecular complexity index is 90.5. The minimum Gasteiger partial charge on any atom is -0.476 e. The molecular formula is C2H3BrF2MgO2. The summed E-state index contributed by atoms with van der Waals surface area (Å²) in [7, 11) is 0. The Morgan fingerprint density at radius 1 is 1.62 bits per heavy atom. The molecule has 6 heteroatoms. The summed E-state index contributed by atoms with van der Waals surface area (Å²) in [4.78, 5) is 5.45.